The Morgan fingerprint density at radius 3 is 2.72 bits per heavy atom. The third-order valence-electron chi connectivity index (χ3n) is 4.63. The second kappa shape index (κ2) is 9.52. The van der Waals surface area contributed by atoms with E-state index in [0.717, 1.165) is 41.6 Å². The zero-order valence-electron chi connectivity index (χ0n) is 16.5. The summed E-state index contributed by atoms with van der Waals surface area (Å²) in [5.41, 5.74) is 3.49. The molecule has 29 heavy (non-hydrogen) atoms. The number of hydrogen-bond acceptors (Lipinski definition) is 4. The molecule has 0 bridgehead atoms. The van der Waals surface area contributed by atoms with Gasteiger partial charge in [0.25, 0.3) is 5.56 Å². The van der Waals surface area contributed by atoms with Crippen LogP contribution in [0.1, 0.15) is 47.2 Å². The number of ether oxygens (including phenoxy) is 1. The van der Waals surface area contributed by atoms with Crippen LogP contribution in [0.15, 0.2) is 53.3 Å². The van der Waals surface area contributed by atoms with Gasteiger partial charge in [-0.15, -0.1) is 0 Å². The van der Waals surface area contributed by atoms with Crippen LogP contribution in [-0.2, 0) is 17.6 Å². The van der Waals surface area contributed by atoms with Crippen LogP contribution < -0.4 is 5.56 Å². The van der Waals surface area contributed by atoms with Crippen LogP contribution in [0.25, 0.3) is 11.1 Å². The largest absolute Gasteiger partial charge is 0.465 e. The second-order valence-corrected chi connectivity index (χ2v) is 7.28. The number of aryl methyl sites for hydroxylation is 1. The Bertz CT molecular complexity index is 1080. The van der Waals surface area contributed by atoms with Crippen LogP contribution in [0, 0.1) is 0 Å². The highest BCUT2D eigenvalue weighted by Crippen LogP contribution is 2.28. The number of H-pyrrole nitrogens is 1. The van der Waals surface area contributed by atoms with Gasteiger partial charge in [-0.2, -0.15) is 0 Å². The first-order valence-corrected chi connectivity index (χ1v) is 9.94. The molecule has 0 aliphatic carbocycles. The Hall–Kier alpha value is -2.92. The van der Waals surface area contributed by atoms with Crippen LogP contribution in [0.2, 0.25) is 5.02 Å². The number of benzene rings is 2. The number of aromatic amines is 1. The molecule has 0 spiro atoms. The van der Waals surface area contributed by atoms with E-state index in [2.05, 4.69) is 16.9 Å². The SMILES string of the molecule is CCCCc1cc(=O)[nH]c(Cc2ccc(-c3cccc(Cl)c3)c(C(=O)OC)c2)n1. The summed E-state index contributed by atoms with van der Waals surface area (Å²) in [6.45, 7) is 2.10. The number of carbonyl (C=O) groups is 1. The number of hydrogen-bond donors (Lipinski definition) is 1. The van der Waals surface area contributed by atoms with Crippen LogP contribution in [-0.4, -0.2) is 23.0 Å². The quantitative estimate of drug-likeness (QED) is 0.567. The molecule has 3 rings (SSSR count). The zero-order chi connectivity index (χ0) is 20.8. The summed E-state index contributed by atoms with van der Waals surface area (Å²) in [6, 6.07) is 14.4. The maximum atomic E-state index is 12.4. The number of rotatable bonds is 7. The van der Waals surface area contributed by atoms with Gasteiger partial charge in [0, 0.05) is 23.2 Å². The predicted octanol–water partition coefficient (Wildman–Crippen LogP) is 4.81. The first-order valence-electron chi connectivity index (χ1n) is 9.56. The Kier molecular flexibility index (Phi) is 6.83. The van der Waals surface area contributed by atoms with Crippen LogP contribution in [0.3, 0.4) is 0 Å². The minimum atomic E-state index is -0.431. The van der Waals surface area contributed by atoms with Gasteiger partial charge in [-0.1, -0.05) is 49.2 Å². The van der Waals surface area contributed by atoms with Crippen molar-refractivity contribution in [1.29, 1.82) is 0 Å². The fourth-order valence-corrected chi connectivity index (χ4v) is 3.40. The van der Waals surface area contributed by atoms with Gasteiger partial charge in [-0.25, -0.2) is 9.78 Å². The van der Waals surface area contributed by atoms with Crippen molar-refractivity contribution in [3.63, 3.8) is 0 Å². The smallest absolute Gasteiger partial charge is 0.338 e. The molecule has 1 N–H and O–H groups in total. The third kappa shape index (κ3) is 5.33. The molecule has 0 unspecified atom stereocenters. The molecule has 0 amide bonds. The normalized spacial score (nSPS) is 10.7. The Morgan fingerprint density at radius 1 is 1.17 bits per heavy atom. The molecule has 5 nitrogen and oxygen atoms in total. The van der Waals surface area contributed by atoms with Crippen LogP contribution in [0.4, 0.5) is 0 Å². The molecular formula is C23H23ClN2O3. The fourth-order valence-electron chi connectivity index (χ4n) is 3.21. The standard InChI is InChI=1S/C23H23ClN2O3/c1-3-4-8-18-14-22(27)26-21(25-18)12-15-9-10-19(20(11-15)23(28)29-2)16-6-5-7-17(24)13-16/h5-7,9-11,13-14H,3-4,8,12H2,1-2H3,(H,25,26,27). The monoisotopic (exact) mass is 410 g/mol. The van der Waals surface area contributed by atoms with Gasteiger partial charge in [-0.3, -0.25) is 4.79 Å². The molecular weight excluding hydrogens is 388 g/mol. The number of esters is 1. The molecule has 0 aliphatic rings. The maximum absolute atomic E-state index is 12.4. The minimum absolute atomic E-state index is 0.162. The molecule has 0 fully saturated rings. The number of aromatic nitrogens is 2. The highest BCUT2D eigenvalue weighted by molar-refractivity contribution is 6.30. The molecule has 150 valence electrons. The summed E-state index contributed by atoms with van der Waals surface area (Å²) in [5, 5.41) is 0.591. The van der Waals surface area contributed by atoms with E-state index >= 15 is 0 Å². The van der Waals surface area contributed by atoms with Crippen molar-refractivity contribution in [3.05, 3.63) is 86.6 Å². The number of halogens is 1. The zero-order valence-corrected chi connectivity index (χ0v) is 17.3. The first kappa shape index (κ1) is 20.8. The Morgan fingerprint density at radius 2 is 2.00 bits per heavy atom. The van der Waals surface area contributed by atoms with Crippen molar-refractivity contribution in [2.75, 3.05) is 7.11 Å². The number of nitrogens with zero attached hydrogens (tertiary/aromatic N) is 1. The van der Waals surface area contributed by atoms with Crippen molar-refractivity contribution >= 4 is 17.6 Å². The van der Waals surface area contributed by atoms with E-state index < -0.39 is 5.97 Å². The number of carbonyl (C=O) groups excluding carboxylic acids is 1. The molecule has 1 aromatic heterocycles. The lowest BCUT2D eigenvalue weighted by Crippen LogP contribution is -2.13. The van der Waals surface area contributed by atoms with Gasteiger partial charge in [0.05, 0.1) is 12.7 Å². The molecule has 0 saturated heterocycles. The average molecular weight is 411 g/mol. The summed E-state index contributed by atoms with van der Waals surface area (Å²) >= 11 is 6.11. The van der Waals surface area contributed by atoms with E-state index in [0.29, 0.717) is 22.8 Å². The van der Waals surface area contributed by atoms with Crippen molar-refractivity contribution in [2.24, 2.45) is 0 Å². The van der Waals surface area contributed by atoms with E-state index in [1.807, 2.05) is 24.3 Å². The van der Waals surface area contributed by atoms with Gasteiger partial charge in [0.2, 0.25) is 0 Å². The summed E-state index contributed by atoms with van der Waals surface area (Å²) in [4.78, 5) is 31.7. The molecule has 6 heteroatoms. The molecule has 0 radical (unpaired) electrons. The first-order chi connectivity index (χ1) is 14.0. The molecule has 0 atom stereocenters. The molecule has 1 heterocycles. The van der Waals surface area contributed by atoms with Crippen molar-refractivity contribution in [3.8, 4) is 11.1 Å². The van der Waals surface area contributed by atoms with Gasteiger partial charge in [-0.05, 0) is 47.7 Å². The summed E-state index contributed by atoms with van der Waals surface area (Å²) in [7, 11) is 1.35. The fraction of sp³-hybridized carbons (Fsp3) is 0.261. The highest BCUT2D eigenvalue weighted by atomic mass is 35.5. The minimum Gasteiger partial charge on any atom is -0.465 e. The third-order valence-corrected chi connectivity index (χ3v) is 4.86. The van der Waals surface area contributed by atoms with E-state index in [1.165, 1.54) is 7.11 Å². The van der Waals surface area contributed by atoms with Gasteiger partial charge < -0.3 is 9.72 Å². The average Bonchev–Trinajstić information content (AvgIpc) is 2.71. The lowest BCUT2D eigenvalue weighted by molar-refractivity contribution is 0.0601. The lowest BCUT2D eigenvalue weighted by atomic mass is 9.96. The van der Waals surface area contributed by atoms with Gasteiger partial charge in [0.15, 0.2) is 0 Å². The van der Waals surface area contributed by atoms with E-state index in [-0.39, 0.29) is 5.56 Å². The number of nitrogens with one attached hydrogen (secondary N) is 1. The second-order valence-electron chi connectivity index (χ2n) is 6.85. The topological polar surface area (TPSA) is 72.0 Å². The Balaban J connectivity index is 1.96. The molecule has 0 aliphatic heterocycles. The van der Waals surface area contributed by atoms with Gasteiger partial charge in [0.1, 0.15) is 5.82 Å². The number of methoxy groups -OCH3 is 1. The highest BCUT2D eigenvalue weighted by Gasteiger charge is 2.15. The summed E-state index contributed by atoms with van der Waals surface area (Å²) in [5.74, 6) is 0.148. The van der Waals surface area contributed by atoms with E-state index in [4.69, 9.17) is 16.3 Å². The molecule has 3 aromatic rings. The predicted molar refractivity (Wildman–Crippen MR) is 115 cm³/mol. The number of unbranched alkanes of at least 4 members (excludes halogenated alkanes) is 1. The van der Waals surface area contributed by atoms with Crippen molar-refractivity contribution in [1.82, 2.24) is 9.97 Å². The van der Waals surface area contributed by atoms with E-state index in [1.54, 1.807) is 24.3 Å². The van der Waals surface area contributed by atoms with E-state index in [9.17, 15) is 9.59 Å². The van der Waals surface area contributed by atoms with Gasteiger partial charge >= 0.3 is 5.97 Å². The summed E-state index contributed by atoms with van der Waals surface area (Å²) < 4.78 is 4.97. The van der Waals surface area contributed by atoms with Crippen LogP contribution >= 0.6 is 11.6 Å². The van der Waals surface area contributed by atoms with Crippen molar-refractivity contribution < 1.29 is 9.53 Å². The summed E-state index contributed by atoms with van der Waals surface area (Å²) in [6.07, 6.45) is 3.21. The maximum Gasteiger partial charge on any atom is 0.338 e. The van der Waals surface area contributed by atoms with Crippen LogP contribution in [0.5, 0.6) is 0 Å². The lowest BCUT2D eigenvalue weighted by Gasteiger charge is -2.11. The van der Waals surface area contributed by atoms with Crippen molar-refractivity contribution in [2.45, 2.75) is 32.6 Å². The Labute approximate surface area is 174 Å². The molecule has 2 aromatic carbocycles. The molecule has 0 saturated carbocycles.